The number of hydrogen-bond acceptors (Lipinski definition) is 3. The van der Waals surface area contributed by atoms with Crippen LogP contribution in [0.2, 0.25) is 5.02 Å². The second-order valence-corrected chi connectivity index (χ2v) is 3.21. The van der Waals surface area contributed by atoms with E-state index in [-0.39, 0.29) is 11.4 Å². The molecule has 14 heavy (non-hydrogen) atoms. The van der Waals surface area contributed by atoms with Gasteiger partial charge in [-0.05, 0) is 18.2 Å². The minimum absolute atomic E-state index is 0.0748. The Bertz CT molecular complexity index is 431. The van der Waals surface area contributed by atoms with E-state index in [1.807, 2.05) is 0 Å². The summed E-state index contributed by atoms with van der Waals surface area (Å²) in [6.45, 7) is 0. The van der Waals surface area contributed by atoms with Crippen LogP contribution in [0.25, 0.3) is 0 Å². The molecule has 72 valence electrons. The van der Waals surface area contributed by atoms with Crippen molar-refractivity contribution in [2.75, 3.05) is 0 Å². The summed E-state index contributed by atoms with van der Waals surface area (Å²) in [7, 11) is 0. The van der Waals surface area contributed by atoms with Crippen LogP contribution >= 0.6 is 11.6 Å². The van der Waals surface area contributed by atoms with E-state index in [0.29, 0.717) is 11.3 Å². The number of halogens is 2. The fourth-order valence-corrected chi connectivity index (χ4v) is 1.45. The topological polar surface area (TPSA) is 38.7 Å². The molecule has 0 saturated heterocycles. The van der Waals surface area contributed by atoms with E-state index in [9.17, 15) is 9.18 Å². The van der Waals surface area contributed by atoms with Crippen molar-refractivity contribution in [3.8, 4) is 0 Å². The number of carbonyl (C=O) groups is 1. The lowest BCUT2D eigenvalue weighted by Crippen LogP contribution is -2.01. The van der Waals surface area contributed by atoms with Gasteiger partial charge in [0.05, 0.1) is 11.4 Å². The summed E-state index contributed by atoms with van der Waals surface area (Å²) in [6, 6.07) is 3.90. The summed E-state index contributed by atoms with van der Waals surface area (Å²) in [4.78, 5) is 15.2. The van der Waals surface area contributed by atoms with E-state index < -0.39 is 11.8 Å². The maximum Gasteiger partial charge on any atom is 0.341 e. The highest BCUT2D eigenvalue weighted by molar-refractivity contribution is 6.34. The van der Waals surface area contributed by atoms with Crippen molar-refractivity contribution in [1.29, 1.82) is 0 Å². The molecule has 0 saturated carbocycles. The predicted octanol–water partition coefficient (Wildman–Crippen LogP) is 2.13. The third-order valence-corrected chi connectivity index (χ3v) is 2.12. The highest BCUT2D eigenvalue weighted by atomic mass is 35.5. The Balaban J connectivity index is 2.38. The largest absolute Gasteiger partial charge is 0.341 e. The van der Waals surface area contributed by atoms with Gasteiger partial charge in [-0.15, -0.1) is 0 Å². The highest BCUT2D eigenvalue weighted by Crippen LogP contribution is 2.21. The maximum absolute atomic E-state index is 12.7. The van der Waals surface area contributed by atoms with Gasteiger partial charge in [-0.2, -0.15) is 0 Å². The maximum atomic E-state index is 12.7. The molecular weight excluding hydrogens is 209 g/mol. The second kappa shape index (κ2) is 3.38. The van der Waals surface area contributed by atoms with Crippen molar-refractivity contribution in [1.82, 2.24) is 0 Å². The third kappa shape index (κ3) is 1.61. The van der Waals surface area contributed by atoms with Crippen molar-refractivity contribution in [2.45, 2.75) is 6.42 Å². The van der Waals surface area contributed by atoms with E-state index in [2.05, 4.69) is 9.99 Å². The quantitative estimate of drug-likeness (QED) is 0.671. The molecule has 1 aromatic carbocycles. The van der Waals surface area contributed by atoms with Crippen LogP contribution in [0.5, 0.6) is 0 Å². The van der Waals surface area contributed by atoms with Gasteiger partial charge in [0.2, 0.25) is 0 Å². The Hall–Kier alpha value is -1.42. The Morgan fingerprint density at radius 3 is 2.86 bits per heavy atom. The van der Waals surface area contributed by atoms with Crippen molar-refractivity contribution >= 4 is 23.3 Å². The summed E-state index contributed by atoms with van der Waals surface area (Å²) < 4.78 is 12.7. The molecule has 1 heterocycles. The van der Waals surface area contributed by atoms with Gasteiger partial charge >= 0.3 is 5.97 Å². The molecule has 1 aliphatic rings. The first-order valence-electron chi connectivity index (χ1n) is 3.89. The van der Waals surface area contributed by atoms with Gasteiger partial charge in [-0.3, -0.25) is 0 Å². The molecule has 0 fully saturated rings. The van der Waals surface area contributed by atoms with Crippen molar-refractivity contribution in [3.63, 3.8) is 0 Å². The Labute approximate surface area is 84.1 Å². The summed E-state index contributed by atoms with van der Waals surface area (Å²) in [6.07, 6.45) is 0.0748. The average molecular weight is 214 g/mol. The summed E-state index contributed by atoms with van der Waals surface area (Å²) in [5.41, 5.74) is 0.957. The van der Waals surface area contributed by atoms with E-state index in [1.54, 1.807) is 0 Å². The minimum atomic E-state index is -0.430. The molecule has 5 heteroatoms. The van der Waals surface area contributed by atoms with Gasteiger partial charge < -0.3 is 4.84 Å². The molecule has 0 radical (unpaired) electrons. The fourth-order valence-electron chi connectivity index (χ4n) is 1.18. The number of oxime groups is 1. The number of nitrogens with zero attached hydrogens (tertiary/aromatic N) is 1. The molecule has 0 unspecified atom stereocenters. The summed E-state index contributed by atoms with van der Waals surface area (Å²) in [5, 5.41) is 3.76. The SMILES string of the molecule is O=C1CC(c2ccc(F)cc2Cl)=NO1. The fraction of sp³-hybridized carbons (Fsp3) is 0.111. The molecule has 0 aromatic heterocycles. The molecule has 0 atom stereocenters. The lowest BCUT2D eigenvalue weighted by atomic mass is 10.1. The Kier molecular flexibility index (Phi) is 2.21. The van der Waals surface area contributed by atoms with Crippen LogP contribution in [0.4, 0.5) is 4.39 Å². The molecule has 1 aliphatic heterocycles. The highest BCUT2D eigenvalue weighted by Gasteiger charge is 2.20. The minimum Gasteiger partial charge on any atom is -0.318 e. The first-order valence-corrected chi connectivity index (χ1v) is 4.27. The van der Waals surface area contributed by atoms with Crippen LogP contribution in [0, 0.1) is 5.82 Å². The summed E-state index contributed by atoms with van der Waals surface area (Å²) in [5.74, 6) is -0.856. The molecule has 3 nitrogen and oxygen atoms in total. The van der Waals surface area contributed by atoms with Gasteiger partial charge in [0.25, 0.3) is 0 Å². The van der Waals surface area contributed by atoms with Crippen LogP contribution in [-0.2, 0) is 9.63 Å². The van der Waals surface area contributed by atoms with Crippen molar-refractivity contribution in [3.05, 3.63) is 34.6 Å². The van der Waals surface area contributed by atoms with Crippen LogP contribution < -0.4 is 0 Å². The predicted molar refractivity (Wildman–Crippen MR) is 48.7 cm³/mol. The standard InChI is InChI=1S/C9H5ClFNO2/c10-7-3-5(11)1-2-6(7)8-4-9(13)14-12-8/h1-3H,4H2. The lowest BCUT2D eigenvalue weighted by molar-refractivity contribution is -0.140. The Morgan fingerprint density at radius 1 is 1.50 bits per heavy atom. The number of benzene rings is 1. The van der Waals surface area contributed by atoms with Gasteiger partial charge in [0, 0.05) is 5.56 Å². The van der Waals surface area contributed by atoms with Crippen LogP contribution in [0.3, 0.4) is 0 Å². The first kappa shape index (κ1) is 9.15. The third-order valence-electron chi connectivity index (χ3n) is 1.81. The molecule has 0 N–H and O–H groups in total. The second-order valence-electron chi connectivity index (χ2n) is 2.80. The van der Waals surface area contributed by atoms with Crippen molar-refractivity contribution < 1.29 is 14.0 Å². The van der Waals surface area contributed by atoms with Gasteiger partial charge in [-0.1, -0.05) is 16.8 Å². The normalized spacial score (nSPS) is 15.3. The molecule has 0 aliphatic carbocycles. The average Bonchev–Trinajstić information content (AvgIpc) is 2.51. The lowest BCUT2D eigenvalue weighted by Gasteiger charge is -2.00. The zero-order chi connectivity index (χ0) is 10.1. The number of carbonyl (C=O) groups excluding carboxylic acids is 1. The first-order chi connectivity index (χ1) is 6.66. The number of hydrogen-bond donors (Lipinski definition) is 0. The van der Waals surface area contributed by atoms with E-state index in [4.69, 9.17) is 11.6 Å². The molecule has 2 rings (SSSR count). The molecule has 0 amide bonds. The van der Waals surface area contributed by atoms with E-state index >= 15 is 0 Å². The smallest absolute Gasteiger partial charge is 0.318 e. The summed E-state index contributed by atoms with van der Waals surface area (Å²) >= 11 is 5.77. The molecule has 0 bridgehead atoms. The van der Waals surface area contributed by atoms with Gasteiger partial charge in [0.15, 0.2) is 0 Å². The number of rotatable bonds is 1. The van der Waals surface area contributed by atoms with Crippen LogP contribution in [0.15, 0.2) is 23.4 Å². The van der Waals surface area contributed by atoms with E-state index in [0.717, 1.165) is 0 Å². The molecule has 1 aromatic rings. The molecular formula is C9H5ClFNO2. The monoisotopic (exact) mass is 213 g/mol. The van der Waals surface area contributed by atoms with Crippen LogP contribution in [-0.4, -0.2) is 11.7 Å². The van der Waals surface area contributed by atoms with Crippen LogP contribution in [0.1, 0.15) is 12.0 Å². The van der Waals surface area contributed by atoms with Gasteiger partial charge in [-0.25, -0.2) is 9.18 Å². The van der Waals surface area contributed by atoms with Gasteiger partial charge in [0.1, 0.15) is 11.5 Å². The molecule has 0 spiro atoms. The zero-order valence-electron chi connectivity index (χ0n) is 6.96. The zero-order valence-corrected chi connectivity index (χ0v) is 7.71. The Morgan fingerprint density at radius 2 is 2.29 bits per heavy atom. The van der Waals surface area contributed by atoms with Crippen molar-refractivity contribution in [2.24, 2.45) is 5.16 Å². The van der Waals surface area contributed by atoms with E-state index in [1.165, 1.54) is 18.2 Å².